The maximum atomic E-state index is 12.0. The molecular formula is C21H20ClN5O2S. The van der Waals surface area contributed by atoms with Gasteiger partial charge in [0.15, 0.2) is 4.88 Å². The van der Waals surface area contributed by atoms with Gasteiger partial charge >= 0.3 is 0 Å². The first-order valence-electron chi connectivity index (χ1n) is 9.30. The molecule has 9 heteroatoms. The van der Waals surface area contributed by atoms with Gasteiger partial charge < -0.3 is 15.8 Å². The van der Waals surface area contributed by atoms with Crippen LogP contribution in [-0.2, 0) is 6.54 Å². The molecular weight excluding hydrogens is 422 g/mol. The second-order valence-corrected chi connectivity index (χ2v) is 8.14. The summed E-state index contributed by atoms with van der Waals surface area (Å²) in [6, 6.07) is 11.5. The third-order valence-electron chi connectivity index (χ3n) is 4.63. The molecule has 1 unspecified atom stereocenters. The molecule has 1 aromatic carbocycles. The van der Waals surface area contributed by atoms with Crippen LogP contribution in [0.15, 0.2) is 48.8 Å². The Kier molecular flexibility index (Phi) is 5.72. The number of fused-ring (bicyclic) bond motifs is 1. The molecule has 4 aromatic rings. The molecule has 0 spiro atoms. The molecule has 0 saturated heterocycles. The molecule has 30 heavy (non-hydrogen) atoms. The van der Waals surface area contributed by atoms with Gasteiger partial charge in [0.1, 0.15) is 22.5 Å². The summed E-state index contributed by atoms with van der Waals surface area (Å²) in [5.74, 6) is -0.401. The Labute approximate surface area is 182 Å². The molecule has 0 saturated carbocycles. The van der Waals surface area contributed by atoms with Crippen LogP contribution in [0.2, 0.25) is 5.02 Å². The van der Waals surface area contributed by atoms with Crippen LogP contribution in [-0.4, -0.2) is 27.3 Å². The zero-order valence-corrected chi connectivity index (χ0v) is 18.0. The lowest BCUT2D eigenvalue weighted by Gasteiger charge is -2.16. The Bertz CT molecular complexity index is 1220. The van der Waals surface area contributed by atoms with E-state index in [2.05, 4.69) is 15.3 Å². The van der Waals surface area contributed by atoms with Crippen LogP contribution in [0.1, 0.15) is 33.8 Å². The Hall–Kier alpha value is -2.94. The zero-order valence-electron chi connectivity index (χ0n) is 16.4. The maximum Gasteiger partial charge on any atom is 0.264 e. The van der Waals surface area contributed by atoms with Crippen molar-refractivity contribution in [2.24, 2.45) is 5.73 Å². The molecule has 154 valence electrons. The number of hydrogen-bond donors (Lipinski definition) is 2. The quantitative estimate of drug-likeness (QED) is 0.450. The first kappa shape index (κ1) is 20.3. The Morgan fingerprint density at radius 2 is 2.20 bits per heavy atom. The van der Waals surface area contributed by atoms with Crippen LogP contribution in [0.25, 0.3) is 16.3 Å². The molecule has 3 aromatic heterocycles. The average Bonchev–Trinajstić information content (AvgIpc) is 3.32. The molecule has 0 bridgehead atoms. The number of carbonyl (C=O) groups excluding carboxylic acids is 1. The highest BCUT2D eigenvalue weighted by atomic mass is 35.5. The van der Waals surface area contributed by atoms with E-state index in [-0.39, 0.29) is 10.8 Å². The fourth-order valence-electron chi connectivity index (χ4n) is 3.19. The number of carbonyl (C=O) groups is 1. The van der Waals surface area contributed by atoms with E-state index in [1.165, 1.54) is 11.3 Å². The normalized spacial score (nSPS) is 12.2. The Morgan fingerprint density at radius 1 is 1.37 bits per heavy atom. The predicted molar refractivity (Wildman–Crippen MR) is 118 cm³/mol. The lowest BCUT2D eigenvalue weighted by atomic mass is 10.1. The number of aromatic nitrogens is 3. The van der Waals surface area contributed by atoms with E-state index in [1.807, 2.05) is 61.0 Å². The maximum absolute atomic E-state index is 12.0. The second kappa shape index (κ2) is 8.43. The van der Waals surface area contributed by atoms with Gasteiger partial charge in [0.25, 0.3) is 5.91 Å². The SMILES string of the molecule is CNCc1ccc(C(C)Oc2nc(-c3cnc4ccccn34)sc2C(N)=O)c(Cl)c1. The average molecular weight is 442 g/mol. The summed E-state index contributed by atoms with van der Waals surface area (Å²) < 4.78 is 7.93. The number of amides is 1. The van der Waals surface area contributed by atoms with Crippen molar-refractivity contribution in [3.63, 3.8) is 0 Å². The van der Waals surface area contributed by atoms with Gasteiger partial charge in [0.2, 0.25) is 5.88 Å². The van der Waals surface area contributed by atoms with Gasteiger partial charge in [-0.1, -0.05) is 29.8 Å². The molecule has 0 aliphatic carbocycles. The van der Waals surface area contributed by atoms with E-state index in [0.717, 1.165) is 29.0 Å². The number of benzene rings is 1. The number of thiazole rings is 1. The number of nitrogens with one attached hydrogen (secondary N) is 1. The highest BCUT2D eigenvalue weighted by molar-refractivity contribution is 7.17. The van der Waals surface area contributed by atoms with E-state index in [1.54, 1.807) is 6.20 Å². The number of imidazole rings is 1. The first-order valence-corrected chi connectivity index (χ1v) is 10.5. The number of hydrogen-bond acceptors (Lipinski definition) is 6. The van der Waals surface area contributed by atoms with E-state index >= 15 is 0 Å². The van der Waals surface area contributed by atoms with E-state index in [4.69, 9.17) is 22.1 Å². The number of rotatable bonds is 7. The molecule has 0 aliphatic heterocycles. The highest BCUT2D eigenvalue weighted by Crippen LogP contribution is 2.36. The molecule has 0 fully saturated rings. The third kappa shape index (κ3) is 3.89. The van der Waals surface area contributed by atoms with Crippen LogP contribution >= 0.6 is 22.9 Å². The van der Waals surface area contributed by atoms with Crippen molar-refractivity contribution in [1.29, 1.82) is 0 Å². The highest BCUT2D eigenvalue weighted by Gasteiger charge is 2.23. The minimum absolute atomic E-state index is 0.191. The minimum atomic E-state index is -0.592. The third-order valence-corrected chi connectivity index (χ3v) is 6.03. The van der Waals surface area contributed by atoms with Crippen molar-refractivity contribution < 1.29 is 9.53 Å². The summed E-state index contributed by atoms with van der Waals surface area (Å²) in [7, 11) is 1.88. The number of halogens is 1. The summed E-state index contributed by atoms with van der Waals surface area (Å²) in [5.41, 5.74) is 9.00. The number of nitrogens with two attached hydrogens (primary N) is 1. The van der Waals surface area contributed by atoms with Crippen molar-refractivity contribution in [2.75, 3.05) is 7.05 Å². The van der Waals surface area contributed by atoms with E-state index in [0.29, 0.717) is 10.0 Å². The molecule has 0 radical (unpaired) electrons. The van der Waals surface area contributed by atoms with Crippen molar-refractivity contribution in [1.82, 2.24) is 19.7 Å². The summed E-state index contributed by atoms with van der Waals surface area (Å²) in [6.07, 6.45) is 3.18. The van der Waals surface area contributed by atoms with Gasteiger partial charge in [0, 0.05) is 23.3 Å². The van der Waals surface area contributed by atoms with Gasteiger partial charge in [0.05, 0.1) is 6.20 Å². The van der Waals surface area contributed by atoms with E-state index in [9.17, 15) is 4.79 Å². The van der Waals surface area contributed by atoms with Crippen molar-refractivity contribution in [2.45, 2.75) is 19.6 Å². The summed E-state index contributed by atoms with van der Waals surface area (Å²) in [6.45, 7) is 2.58. The molecule has 1 amide bonds. The Morgan fingerprint density at radius 3 is 2.93 bits per heavy atom. The van der Waals surface area contributed by atoms with Gasteiger partial charge in [-0.05, 0) is 37.7 Å². The Balaban J connectivity index is 1.67. The number of ether oxygens (including phenoxy) is 1. The number of nitrogens with zero attached hydrogens (tertiary/aromatic N) is 3. The molecule has 4 rings (SSSR count). The minimum Gasteiger partial charge on any atom is -0.469 e. The number of pyridine rings is 1. The van der Waals surface area contributed by atoms with E-state index < -0.39 is 12.0 Å². The van der Waals surface area contributed by atoms with Crippen LogP contribution < -0.4 is 15.8 Å². The molecule has 3 N–H and O–H groups in total. The first-order chi connectivity index (χ1) is 14.5. The topological polar surface area (TPSA) is 94.5 Å². The van der Waals surface area contributed by atoms with Crippen LogP contribution in [0.3, 0.4) is 0 Å². The van der Waals surface area contributed by atoms with Gasteiger partial charge in [-0.15, -0.1) is 11.3 Å². The van der Waals surface area contributed by atoms with Crippen LogP contribution in [0.5, 0.6) is 5.88 Å². The summed E-state index contributed by atoms with van der Waals surface area (Å²) in [4.78, 5) is 21.2. The lowest BCUT2D eigenvalue weighted by Crippen LogP contribution is -2.13. The van der Waals surface area contributed by atoms with Crippen molar-refractivity contribution in [3.05, 3.63) is 69.8 Å². The van der Waals surface area contributed by atoms with Crippen LogP contribution in [0, 0.1) is 0 Å². The fraction of sp³-hybridized carbons (Fsp3) is 0.190. The van der Waals surface area contributed by atoms with Crippen molar-refractivity contribution in [3.8, 4) is 16.6 Å². The molecule has 0 aliphatic rings. The monoisotopic (exact) mass is 441 g/mol. The standard InChI is InChI=1S/C21H20ClN5O2S/c1-12(14-7-6-13(10-24-2)9-15(14)22)29-20-18(19(23)28)30-21(26-20)16-11-25-17-5-3-4-8-27(16)17/h3-9,11-12,24H,10H2,1-2H3,(H2,23,28). The number of primary amides is 1. The van der Waals surface area contributed by atoms with Crippen LogP contribution in [0.4, 0.5) is 0 Å². The fourth-order valence-corrected chi connectivity index (χ4v) is 4.40. The van der Waals surface area contributed by atoms with Gasteiger partial charge in [-0.2, -0.15) is 4.98 Å². The molecule has 3 heterocycles. The van der Waals surface area contributed by atoms with Gasteiger partial charge in [-0.25, -0.2) is 4.98 Å². The summed E-state index contributed by atoms with van der Waals surface area (Å²) in [5, 5.41) is 4.28. The summed E-state index contributed by atoms with van der Waals surface area (Å²) >= 11 is 7.63. The predicted octanol–water partition coefficient (Wildman–Crippen LogP) is 4.07. The zero-order chi connectivity index (χ0) is 21.3. The largest absolute Gasteiger partial charge is 0.469 e. The molecule has 7 nitrogen and oxygen atoms in total. The van der Waals surface area contributed by atoms with Crippen molar-refractivity contribution >= 4 is 34.5 Å². The molecule has 1 atom stereocenters. The second-order valence-electron chi connectivity index (χ2n) is 6.74. The smallest absolute Gasteiger partial charge is 0.264 e. The van der Waals surface area contributed by atoms with Gasteiger partial charge in [-0.3, -0.25) is 9.20 Å². The lowest BCUT2D eigenvalue weighted by molar-refractivity contribution is 0.0997.